The predicted octanol–water partition coefficient (Wildman–Crippen LogP) is 5.48. The Hall–Kier alpha value is -2.48. The standard InChI is InChI=1S/C21H23ClF3N3O2/c1-20(2,3)30-19(29)28-11-9-27(10-12-28)16-13-15(14-7-5-4-6-8-14)17(18(22)26-16)21(23,24)25/h4-8,13H,9-12H2,1-3H3. The highest BCUT2D eigenvalue weighted by atomic mass is 35.5. The Bertz CT molecular complexity index is 906. The molecule has 1 aliphatic heterocycles. The maximum Gasteiger partial charge on any atom is 0.419 e. The summed E-state index contributed by atoms with van der Waals surface area (Å²) in [5, 5.41) is -0.589. The summed E-state index contributed by atoms with van der Waals surface area (Å²) in [5.74, 6) is 0.343. The molecule has 1 aliphatic rings. The van der Waals surface area contributed by atoms with E-state index in [1.165, 1.54) is 6.07 Å². The smallest absolute Gasteiger partial charge is 0.419 e. The summed E-state index contributed by atoms with van der Waals surface area (Å²) in [5.41, 5.74) is -1.16. The van der Waals surface area contributed by atoms with Crippen LogP contribution < -0.4 is 4.90 Å². The average Bonchev–Trinajstić information content (AvgIpc) is 2.66. The number of ether oxygens (including phenoxy) is 1. The normalized spacial score (nSPS) is 15.3. The lowest BCUT2D eigenvalue weighted by molar-refractivity contribution is -0.137. The zero-order valence-electron chi connectivity index (χ0n) is 17.0. The number of halogens is 4. The molecule has 1 aromatic heterocycles. The second-order valence-electron chi connectivity index (χ2n) is 8.01. The maximum atomic E-state index is 13.6. The van der Waals surface area contributed by atoms with Crippen LogP contribution in [0.4, 0.5) is 23.8 Å². The number of alkyl halides is 3. The topological polar surface area (TPSA) is 45.7 Å². The van der Waals surface area contributed by atoms with Crippen LogP contribution in [0.3, 0.4) is 0 Å². The number of carbonyl (C=O) groups is 1. The van der Waals surface area contributed by atoms with Crippen LogP contribution in [0, 0.1) is 0 Å². The van der Waals surface area contributed by atoms with E-state index in [0.29, 0.717) is 37.6 Å². The van der Waals surface area contributed by atoms with Gasteiger partial charge in [-0.1, -0.05) is 41.9 Å². The number of benzene rings is 1. The van der Waals surface area contributed by atoms with Crippen molar-refractivity contribution in [2.75, 3.05) is 31.1 Å². The number of rotatable bonds is 2. The maximum absolute atomic E-state index is 13.6. The molecule has 3 rings (SSSR count). The fourth-order valence-electron chi connectivity index (χ4n) is 3.22. The van der Waals surface area contributed by atoms with Crippen LogP contribution in [-0.2, 0) is 10.9 Å². The number of carbonyl (C=O) groups excluding carboxylic acids is 1. The van der Waals surface area contributed by atoms with Crippen molar-refractivity contribution in [2.45, 2.75) is 32.5 Å². The van der Waals surface area contributed by atoms with Crippen LogP contribution in [0.5, 0.6) is 0 Å². The van der Waals surface area contributed by atoms with Gasteiger partial charge in [0.25, 0.3) is 0 Å². The van der Waals surface area contributed by atoms with E-state index < -0.39 is 28.6 Å². The average molecular weight is 442 g/mol. The lowest BCUT2D eigenvalue weighted by atomic mass is 10.0. The van der Waals surface area contributed by atoms with Crippen LogP contribution in [0.1, 0.15) is 26.3 Å². The van der Waals surface area contributed by atoms with Crippen molar-refractivity contribution >= 4 is 23.5 Å². The van der Waals surface area contributed by atoms with Crippen molar-refractivity contribution in [2.24, 2.45) is 0 Å². The Morgan fingerprint density at radius 3 is 2.20 bits per heavy atom. The first kappa shape index (κ1) is 22.2. The molecule has 0 saturated carbocycles. The van der Waals surface area contributed by atoms with Gasteiger partial charge in [0.2, 0.25) is 0 Å². The highest BCUT2D eigenvalue weighted by Gasteiger charge is 2.38. The van der Waals surface area contributed by atoms with Crippen LogP contribution in [-0.4, -0.2) is 47.8 Å². The zero-order valence-corrected chi connectivity index (χ0v) is 17.7. The molecule has 162 valence electrons. The monoisotopic (exact) mass is 441 g/mol. The molecule has 2 heterocycles. The summed E-state index contributed by atoms with van der Waals surface area (Å²) < 4.78 is 46.3. The van der Waals surface area contributed by atoms with Crippen LogP contribution >= 0.6 is 11.6 Å². The number of piperazine rings is 1. The summed E-state index contributed by atoms with van der Waals surface area (Å²) >= 11 is 6.00. The van der Waals surface area contributed by atoms with E-state index in [1.807, 2.05) is 4.90 Å². The van der Waals surface area contributed by atoms with Crippen molar-refractivity contribution in [1.29, 1.82) is 0 Å². The van der Waals surface area contributed by atoms with Gasteiger partial charge in [-0.2, -0.15) is 13.2 Å². The summed E-state index contributed by atoms with van der Waals surface area (Å²) in [6.07, 6.45) is -5.05. The molecule has 9 heteroatoms. The van der Waals surface area contributed by atoms with Gasteiger partial charge in [0.1, 0.15) is 22.1 Å². The molecule has 0 aliphatic carbocycles. The Morgan fingerprint density at radius 2 is 1.67 bits per heavy atom. The van der Waals surface area contributed by atoms with E-state index >= 15 is 0 Å². The Kier molecular flexibility index (Phi) is 6.17. The number of nitrogens with zero attached hydrogens (tertiary/aromatic N) is 3. The number of aromatic nitrogens is 1. The van der Waals surface area contributed by atoms with Crippen molar-refractivity contribution in [3.05, 3.63) is 47.1 Å². The van der Waals surface area contributed by atoms with Gasteiger partial charge in [0.15, 0.2) is 0 Å². The van der Waals surface area contributed by atoms with E-state index in [9.17, 15) is 18.0 Å². The molecule has 5 nitrogen and oxygen atoms in total. The first-order valence-corrected chi connectivity index (χ1v) is 9.89. The first-order chi connectivity index (χ1) is 14.0. The fourth-order valence-corrected chi connectivity index (χ4v) is 3.52. The van der Waals surface area contributed by atoms with E-state index in [4.69, 9.17) is 16.3 Å². The number of hydrogen-bond acceptors (Lipinski definition) is 4. The highest BCUT2D eigenvalue weighted by Crippen LogP contribution is 2.42. The molecule has 0 bridgehead atoms. The summed E-state index contributed by atoms with van der Waals surface area (Å²) in [7, 11) is 0. The summed E-state index contributed by atoms with van der Waals surface area (Å²) in [4.78, 5) is 19.6. The van der Waals surface area contributed by atoms with E-state index in [-0.39, 0.29) is 5.56 Å². The van der Waals surface area contributed by atoms with E-state index in [2.05, 4.69) is 4.98 Å². The number of amides is 1. The van der Waals surface area contributed by atoms with Crippen LogP contribution in [0.15, 0.2) is 36.4 Å². The Balaban J connectivity index is 1.86. The molecule has 0 N–H and O–H groups in total. The molecule has 0 radical (unpaired) electrons. The van der Waals surface area contributed by atoms with Gasteiger partial charge in [-0.25, -0.2) is 9.78 Å². The van der Waals surface area contributed by atoms with Gasteiger partial charge in [0.05, 0.1) is 0 Å². The molecule has 1 fully saturated rings. The van der Waals surface area contributed by atoms with Gasteiger partial charge in [-0.3, -0.25) is 0 Å². The second kappa shape index (κ2) is 8.34. The minimum atomic E-state index is -4.64. The minimum Gasteiger partial charge on any atom is -0.444 e. The van der Waals surface area contributed by atoms with Gasteiger partial charge in [0, 0.05) is 31.7 Å². The quantitative estimate of drug-likeness (QED) is 0.579. The highest BCUT2D eigenvalue weighted by molar-refractivity contribution is 6.30. The molecular weight excluding hydrogens is 419 g/mol. The lowest BCUT2D eigenvalue weighted by Gasteiger charge is -2.36. The predicted molar refractivity (Wildman–Crippen MR) is 110 cm³/mol. The molecule has 0 atom stereocenters. The van der Waals surface area contributed by atoms with Gasteiger partial charge >= 0.3 is 12.3 Å². The first-order valence-electron chi connectivity index (χ1n) is 9.52. The molecule has 1 saturated heterocycles. The third-order valence-corrected chi connectivity index (χ3v) is 4.86. The van der Waals surface area contributed by atoms with Crippen LogP contribution in [0.25, 0.3) is 11.1 Å². The number of hydrogen-bond donors (Lipinski definition) is 0. The molecule has 0 unspecified atom stereocenters. The van der Waals surface area contributed by atoms with Crippen molar-refractivity contribution < 1.29 is 22.7 Å². The molecule has 1 aromatic carbocycles. The number of anilines is 1. The fraction of sp³-hybridized carbons (Fsp3) is 0.429. The van der Waals surface area contributed by atoms with E-state index in [1.54, 1.807) is 56.0 Å². The summed E-state index contributed by atoms with van der Waals surface area (Å²) in [6, 6.07) is 9.69. The third kappa shape index (κ3) is 5.16. The Labute approximate surface area is 178 Å². The lowest BCUT2D eigenvalue weighted by Crippen LogP contribution is -2.50. The van der Waals surface area contributed by atoms with Crippen molar-refractivity contribution in [3.8, 4) is 11.1 Å². The second-order valence-corrected chi connectivity index (χ2v) is 8.37. The molecule has 0 spiro atoms. The minimum absolute atomic E-state index is 0.0207. The largest absolute Gasteiger partial charge is 0.444 e. The van der Waals surface area contributed by atoms with Crippen molar-refractivity contribution in [1.82, 2.24) is 9.88 Å². The third-order valence-electron chi connectivity index (χ3n) is 4.59. The SMILES string of the molecule is CC(C)(C)OC(=O)N1CCN(c2cc(-c3ccccc3)c(C(F)(F)F)c(Cl)n2)CC1. The van der Waals surface area contributed by atoms with Gasteiger partial charge < -0.3 is 14.5 Å². The summed E-state index contributed by atoms with van der Waals surface area (Å²) in [6.45, 7) is 6.93. The van der Waals surface area contributed by atoms with Gasteiger partial charge in [-0.15, -0.1) is 0 Å². The van der Waals surface area contributed by atoms with Gasteiger partial charge in [-0.05, 0) is 32.4 Å². The van der Waals surface area contributed by atoms with Crippen molar-refractivity contribution in [3.63, 3.8) is 0 Å². The molecular formula is C21H23ClF3N3O2. The molecule has 2 aromatic rings. The van der Waals surface area contributed by atoms with E-state index in [0.717, 1.165) is 0 Å². The zero-order chi connectivity index (χ0) is 22.1. The molecule has 30 heavy (non-hydrogen) atoms. The van der Waals surface area contributed by atoms with Crippen LogP contribution in [0.2, 0.25) is 5.15 Å². The Morgan fingerprint density at radius 1 is 1.07 bits per heavy atom. The number of pyridine rings is 1. The molecule has 1 amide bonds.